The zero-order chi connectivity index (χ0) is 18.3. The van der Waals surface area contributed by atoms with E-state index in [0.717, 1.165) is 11.1 Å². The van der Waals surface area contributed by atoms with Crippen LogP contribution in [0.5, 0.6) is 0 Å². The van der Waals surface area contributed by atoms with Crippen LogP contribution >= 0.6 is 0 Å². The first-order valence-electron chi connectivity index (χ1n) is 8.70. The number of aryl methyl sites for hydroxylation is 2. The van der Waals surface area contributed by atoms with Gasteiger partial charge in [0, 0.05) is 38.5 Å². The number of hydrogen-bond acceptors (Lipinski definition) is 3. The van der Waals surface area contributed by atoms with Gasteiger partial charge >= 0.3 is 0 Å². The molecule has 2 heterocycles. The van der Waals surface area contributed by atoms with Crippen LogP contribution in [-0.2, 0) is 9.59 Å². The average Bonchev–Trinajstić information content (AvgIpc) is 3.09. The first-order valence-corrected chi connectivity index (χ1v) is 8.70. The largest absolute Gasteiger partial charge is 0.357 e. The van der Waals surface area contributed by atoms with E-state index in [-0.39, 0.29) is 29.7 Å². The van der Waals surface area contributed by atoms with Crippen LogP contribution in [0.3, 0.4) is 0 Å². The minimum Gasteiger partial charge on any atom is -0.357 e. The van der Waals surface area contributed by atoms with Crippen molar-refractivity contribution in [2.24, 2.45) is 5.92 Å². The summed E-state index contributed by atoms with van der Waals surface area (Å²) >= 11 is 0. The summed E-state index contributed by atoms with van der Waals surface area (Å²) < 4.78 is 0. The van der Waals surface area contributed by atoms with Crippen molar-refractivity contribution in [2.75, 3.05) is 20.1 Å². The molecule has 0 unspecified atom stereocenters. The van der Waals surface area contributed by atoms with Gasteiger partial charge in [-0.1, -0.05) is 17.2 Å². The molecule has 0 radical (unpaired) electrons. The van der Waals surface area contributed by atoms with E-state index in [0.29, 0.717) is 25.1 Å². The van der Waals surface area contributed by atoms with E-state index >= 15 is 0 Å². The van der Waals surface area contributed by atoms with E-state index in [2.05, 4.69) is 5.32 Å². The molecule has 0 bridgehead atoms. The predicted octanol–water partition coefficient (Wildman–Crippen LogP) is 1.11. The molecule has 0 saturated carbocycles. The number of carbonyl (C=O) groups excluding carboxylic acids is 3. The van der Waals surface area contributed by atoms with Crippen molar-refractivity contribution in [3.05, 3.63) is 34.9 Å². The molecule has 2 aliphatic rings. The van der Waals surface area contributed by atoms with Gasteiger partial charge in [-0.2, -0.15) is 0 Å². The lowest BCUT2D eigenvalue weighted by Gasteiger charge is -2.29. The quantitative estimate of drug-likeness (QED) is 0.875. The lowest BCUT2D eigenvalue weighted by Crippen LogP contribution is -2.49. The molecule has 0 aromatic heterocycles. The number of nitrogens with zero attached hydrogens (tertiary/aromatic N) is 2. The van der Waals surface area contributed by atoms with Gasteiger partial charge in [0.2, 0.25) is 11.8 Å². The molecule has 3 atom stereocenters. The fraction of sp³-hybridized carbons (Fsp3) is 0.526. The topological polar surface area (TPSA) is 69.7 Å². The Balaban J connectivity index is 1.79. The Kier molecular flexibility index (Phi) is 4.54. The number of hydrogen-bond donors (Lipinski definition) is 1. The molecule has 1 aromatic rings. The van der Waals surface area contributed by atoms with Crippen molar-refractivity contribution in [2.45, 2.75) is 39.3 Å². The highest BCUT2D eigenvalue weighted by Crippen LogP contribution is 2.36. The third kappa shape index (κ3) is 3.13. The van der Waals surface area contributed by atoms with Crippen molar-refractivity contribution in [3.8, 4) is 0 Å². The Bertz CT molecular complexity index is 710. The number of likely N-dealkylation sites (tertiary alicyclic amines) is 2. The molecular weight excluding hydrogens is 318 g/mol. The maximum atomic E-state index is 12.9. The van der Waals surface area contributed by atoms with Crippen LogP contribution in [0, 0.1) is 19.8 Å². The number of carbonyl (C=O) groups is 3. The molecule has 134 valence electrons. The van der Waals surface area contributed by atoms with Crippen molar-refractivity contribution in [1.29, 1.82) is 0 Å². The summed E-state index contributed by atoms with van der Waals surface area (Å²) in [6.45, 7) is 6.53. The van der Waals surface area contributed by atoms with Gasteiger partial charge in [-0.3, -0.25) is 14.4 Å². The van der Waals surface area contributed by atoms with Gasteiger partial charge < -0.3 is 15.1 Å². The van der Waals surface area contributed by atoms with Gasteiger partial charge in [0.05, 0.1) is 6.04 Å². The van der Waals surface area contributed by atoms with E-state index in [1.807, 2.05) is 36.9 Å². The zero-order valence-corrected chi connectivity index (χ0v) is 15.2. The summed E-state index contributed by atoms with van der Waals surface area (Å²) in [4.78, 5) is 40.5. The van der Waals surface area contributed by atoms with Crippen molar-refractivity contribution < 1.29 is 14.4 Å². The van der Waals surface area contributed by atoms with Crippen LogP contribution in [0.25, 0.3) is 0 Å². The SMILES string of the molecule is CNC(=O)[C@H]1C[C@@H]2CN(C(=O)c3cc(C)cc(C)c3)C[C@@H]2N1C(C)=O. The molecule has 0 spiro atoms. The maximum absolute atomic E-state index is 12.9. The van der Waals surface area contributed by atoms with E-state index in [9.17, 15) is 14.4 Å². The van der Waals surface area contributed by atoms with Gasteiger partial charge in [-0.25, -0.2) is 0 Å². The second kappa shape index (κ2) is 6.50. The molecule has 25 heavy (non-hydrogen) atoms. The predicted molar refractivity (Wildman–Crippen MR) is 94.1 cm³/mol. The fourth-order valence-electron chi connectivity index (χ4n) is 4.33. The van der Waals surface area contributed by atoms with Gasteiger partial charge in [0.25, 0.3) is 5.91 Å². The van der Waals surface area contributed by atoms with Gasteiger partial charge in [0.1, 0.15) is 6.04 Å². The van der Waals surface area contributed by atoms with Crippen molar-refractivity contribution in [3.63, 3.8) is 0 Å². The van der Waals surface area contributed by atoms with Crippen LogP contribution in [-0.4, -0.2) is 59.7 Å². The number of nitrogens with one attached hydrogen (secondary N) is 1. The van der Waals surface area contributed by atoms with E-state index in [1.165, 1.54) is 6.92 Å². The minimum atomic E-state index is -0.420. The van der Waals surface area contributed by atoms with Crippen molar-refractivity contribution >= 4 is 17.7 Å². The van der Waals surface area contributed by atoms with Crippen LogP contribution < -0.4 is 5.32 Å². The first kappa shape index (κ1) is 17.5. The van der Waals surface area contributed by atoms with Crippen LogP contribution in [0.4, 0.5) is 0 Å². The number of likely N-dealkylation sites (N-methyl/N-ethyl adjacent to an activating group) is 1. The molecule has 3 rings (SSSR count). The number of rotatable bonds is 2. The molecule has 2 aliphatic heterocycles. The average molecular weight is 343 g/mol. The molecule has 3 amide bonds. The molecule has 6 heteroatoms. The van der Waals surface area contributed by atoms with Gasteiger partial charge in [-0.05, 0) is 32.4 Å². The van der Waals surface area contributed by atoms with E-state index < -0.39 is 6.04 Å². The lowest BCUT2D eigenvalue weighted by atomic mass is 10.0. The third-order valence-corrected chi connectivity index (χ3v) is 5.29. The monoisotopic (exact) mass is 343 g/mol. The molecule has 1 N–H and O–H groups in total. The lowest BCUT2D eigenvalue weighted by molar-refractivity contribution is -0.138. The standard InChI is InChI=1S/C19H25N3O3/c1-11-5-12(2)7-14(6-11)19(25)21-9-15-8-16(18(24)20-4)22(13(3)23)17(15)10-21/h5-7,15-17H,8-10H2,1-4H3,(H,20,24)/t15-,16-,17+/m1/s1. The molecule has 2 fully saturated rings. The van der Waals surface area contributed by atoms with Crippen LogP contribution in [0.2, 0.25) is 0 Å². The summed E-state index contributed by atoms with van der Waals surface area (Å²) in [6.07, 6.45) is 0.612. The normalized spacial score (nSPS) is 25.0. The first-order chi connectivity index (χ1) is 11.8. The van der Waals surface area contributed by atoms with Gasteiger partial charge in [-0.15, -0.1) is 0 Å². The molecule has 6 nitrogen and oxygen atoms in total. The Hall–Kier alpha value is -2.37. The highest BCUT2D eigenvalue weighted by molar-refractivity contribution is 5.95. The highest BCUT2D eigenvalue weighted by atomic mass is 16.2. The van der Waals surface area contributed by atoms with Crippen LogP contribution in [0.15, 0.2) is 18.2 Å². The van der Waals surface area contributed by atoms with Gasteiger partial charge in [0.15, 0.2) is 0 Å². The van der Waals surface area contributed by atoms with Crippen LogP contribution in [0.1, 0.15) is 34.8 Å². The Morgan fingerprint density at radius 2 is 1.72 bits per heavy atom. The highest BCUT2D eigenvalue weighted by Gasteiger charge is 2.50. The van der Waals surface area contributed by atoms with E-state index in [1.54, 1.807) is 11.9 Å². The fourth-order valence-corrected chi connectivity index (χ4v) is 4.33. The summed E-state index contributed by atoms with van der Waals surface area (Å²) in [5.74, 6) is -0.0826. The smallest absolute Gasteiger partial charge is 0.253 e. The zero-order valence-electron chi connectivity index (χ0n) is 15.2. The molecular formula is C19H25N3O3. The molecule has 0 aliphatic carbocycles. The Morgan fingerprint density at radius 3 is 2.28 bits per heavy atom. The summed E-state index contributed by atoms with van der Waals surface area (Å²) in [5, 5.41) is 2.64. The molecule has 2 saturated heterocycles. The summed E-state index contributed by atoms with van der Waals surface area (Å²) in [5.41, 5.74) is 2.82. The second-order valence-corrected chi connectivity index (χ2v) is 7.21. The second-order valence-electron chi connectivity index (χ2n) is 7.21. The Morgan fingerprint density at radius 1 is 1.08 bits per heavy atom. The maximum Gasteiger partial charge on any atom is 0.253 e. The Labute approximate surface area is 148 Å². The minimum absolute atomic E-state index is 0.00111. The summed E-state index contributed by atoms with van der Waals surface area (Å²) in [7, 11) is 1.59. The third-order valence-electron chi connectivity index (χ3n) is 5.29. The number of amides is 3. The van der Waals surface area contributed by atoms with E-state index in [4.69, 9.17) is 0 Å². The number of benzene rings is 1. The summed E-state index contributed by atoms with van der Waals surface area (Å²) in [6, 6.07) is 5.35. The van der Waals surface area contributed by atoms with Crippen molar-refractivity contribution in [1.82, 2.24) is 15.1 Å². The number of fused-ring (bicyclic) bond motifs is 1. The molecule has 1 aromatic carbocycles.